The Bertz CT molecular complexity index is 981. The maximum absolute atomic E-state index is 13.0. The SMILES string of the molecule is COc1cc(C)c(CN2CCN(S(=O)(=O)c3ccc(C)c(C)c3)CC2)cc1OC. The summed E-state index contributed by atoms with van der Waals surface area (Å²) in [6, 6.07) is 9.33. The second kappa shape index (κ2) is 8.73. The summed E-state index contributed by atoms with van der Waals surface area (Å²) < 4.78 is 38.4. The van der Waals surface area contributed by atoms with Gasteiger partial charge in [0.2, 0.25) is 10.0 Å². The molecule has 0 bridgehead atoms. The number of aryl methyl sites for hydroxylation is 3. The Balaban J connectivity index is 1.68. The molecule has 3 rings (SSSR count). The highest BCUT2D eigenvalue weighted by atomic mass is 32.2. The zero-order chi connectivity index (χ0) is 21.2. The zero-order valence-corrected chi connectivity index (χ0v) is 18.7. The van der Waals surface area contributed by atoms with E-state index in [-0.39, 0.29) is 0 Å². The Morgan fingerprint density at radius 3 is 2.03 bits per heavy atom. The second-order valence-corrected chi connectivity index (χ2v) is 9.50. The Hall–Kier alpha value is -2.09. The molecule has 0 amide bonds. The standard InChI is InChI=1S/C22H30N2O4S/c1-16-6-7-20(12-17(16)2)29(25,26)24-10-8-23(9-11-24)15-19-14-22(28-5)21(27-4)13-18(19)3/h6-7,12-14H,8-11,15H2,1-5H3. The van der Waals surface area contributed by atoms with Crippen molar-refractivity contribution >= 4 is 10.0 Å². The van der Waals surface area contributed by atoms with Crippen LogP contribution >= 0.6 is 0 Å². The molecule has 1 aliphatic rings. The van der Waals surface area contributed by atoms with E-state index in [1.165, 1.54) is 0 Å². The van der Waals surface area contributed by atoms with E-state index in [4.69, 9.17) is 9.47 Å². The molecule has 0 aromatic heterocycles. The average molecular weight is 419 g/mol. The van der Waals surface area contributed by atoms with Gasteiger partial charge in [-0.15, -0.1) is 0 Å². The summed E-state index contributed by atoms with van der Waals surface area (Å²) >= 11 is 0. The summed E-state index contributed by atoms with van der Waals surface area (Å²) in [5.74, 6) is 1.43. The maximum atomic E-state index is 13.0. The Morgan fingerprint density at radius 1 is 0.828 bits per heavy atom. The van der Waals surface area contributed by atoms with Crippen molar-refractivity contribution in [2.75, 3.05) is 40.4 Å². The van der Waals surface area contributed by atoms with Gasteiger partial charge in [0.05, 0.1) is 19.1 Å². The van der Waals surface area contributed by atoms with Crippen LogP contribution in [0.25, 0.3) is 0 Å². The van der Waals surface area contributed by atoms with Crippen LogP contribution in [0.1, 0.15) is 22.3 Å². The van der Waals surface area contributed by atoms with Crippen molar-refractivity contribution in [2.45, 2.75) is 32.2 Å². The van der Waals surface area contributed by atoms with E-state index in [9.17, 15) is 8.42 Å². The third kappa shape index (κ3) is 4.57. The first kappa shape index (κ1) is 21.6. The third-order valence-electron chi connectivity index (χ3n) is 5.68. The molecule has 0 spiro atoms. The molecule has 158 valence electrons. The van der Waals surface area contributed by atoms with E-state index in [1.807, 2.05) is 32.0 Å². The van der Waals surface area contributed by atoms with Gasteiger partial charge >= 0.3 is 0 Å². The van der Waals surface area contributed by atoms with Crippen LogP contribution in [0.4, 0.5) is 0 Å². The summed E-state index contributed by atoms with van der Waals surface area (Å²) in [5.41, 5.74) is 4.38. The van der Waals surface area contributed by atoms with Crippen LogP contribution in [0.3, 0.4) is 0 Å². The monoisotopic (exact) mass is 418 g/mol. The molecule has 1 aliphatic heterocycles. The molecule has 0 saturated carbocycles. The summed E-state index contributed by atoms with van der Waals surface area (Å²) in [4.78, 5) is 2.66. The number of ether oxygens (including phenoxy) is 2. The number of nitrogens with zero attached hydrogens (tertiary/aromatic N) is 2. The minimum Gasteiger partial charge on any atom is -0.493 e. The summed E-state index contributed by atoms with van der Waals surface area (Å²) in [6.45, 7) is 9.10. The minimum atomic E-state index is -3.46. The van der Waals surface area contributed by atoms with Crippen molar-refractivity contribution in [3.63, 3.8) is 0 Å². The molecule has 0 radical (unpaired) electrons. The quantitative estimate of drug-likeness (QED) is 0.721. The van der Waals surface area contributed by atoms with Crippen LogP contribution in [-0.2, 0) is 16.6 Å². The Labute approximate surface area is 174 Å². The Morgan fingerprint density at radius 2 is 1.45 bits per heavy atom. The number of sulfonamides is 1. The lowest BCUT2D eigenvalue weighted by Gasteiger charge is -2.34. The summed E-state index contributed by atoms with van der Waals surface area (Å²) in [5, 5.41) is 0. The normalized spacial score (nSPS) is 16.0. The molecule has 0 N–H and O–H groups in total. The van der Waals surface area contributed by atoms with Gasteiger partial charge in [-0.3, -0.25) is 4.90 Å². The van der Waals surface area contributed by atoms with Gasteiger partial charge in [0.15, 0.2) is 11.5 Å². The van der Waals surface area contributed by atoms with E-state index in [1.54, 1.807) is 30.7 Å². The fraction of sp³-hybridized carbons (Fsp3) is 0.455. The molecular weight excluding hydrogens is 388 g/mol. The maximum Gasteiger partial charge on any atom is 0.243 e. The predicted molar refractivity (Wildman–Crippen MR) is 114 cm³/mol. The van der Waals surface area contributed by atoms with Crippen molar-refractivity contribution in [3.8, 4) is 11.5 Å². The minimum absolute atomic E-state index is 0.379. The van der Waals surface area contributed by atoms with Gasteiger partial charge in [0, 0.05) is 32.7 Å². The van der Waals surface area contributed by atoms with E-state index >= 15 is 0 Å². The van der Waals surface area contributed by atoms with Crippen LogP contribution in [0.5, 0.6) is 11.5 Å². The Kier molecular flexibility index (Phi) is 6.51. The number of hydrogen-bond acceptors (Lipinski definition) is 5. The number of benzene rings is 2. The lowest BCUT2D eigenvalue weighted by atomic mass is 10.1. The fourth-order valence-electron chi connectivity index (χ4n) is 3.59. The van der Waals surface area contributed by atoms with Gasteiger partial charge in [0.1, 0.15) is 0 Å². The van der Waals surface area contributed by atoms with Gasteiger partial charge < -0.3 is 9.47 Å². The predicted octanol–water partition coefficient (Wildman–Crippen LogP) is 3.14. The van der Waals surface area contributed by atoms with Gasteiger partial charge in [-0.2, -0.15) is 4.31 Å². The smallest absolute Gasteiger partial charge is 0.243 e. The van der Waals surface area contributed by atoms with Crippen molar-refractivity contribution in [1.82, 2.24) is 9.21 Å². The lowest BCUT2D eigenvalue weighted by Crippen LogP contribution is -2.48. The van der Waals surface area contributed by atoms with Gasteiger partial charge in [-0.05, 0) is 67.3 Å². The number of hydrogen-bond donors (Lipinski definition) is 0. The first-order valence-electron chi connectivity index (χ1n) is 9.77. The summed E-state index contributed by atoms with van der Waals surface area (Å²) in [7, 11) is -0.192. The molecule has 7 heteroatoms. The molecule has 0 unspecified atom stereocenters. The second-order valence-electron chi connectivity index (χ2n) is 7.56. The fourth-order valence-corrected chi connectivity index (χ4v) is 5.09. The molecular formula is C22H30N2O4S. The highest BCUT2D eigenvalue weighted by Gasteiger charge is 2.29. The molecule has 29 heavy (non-hydrogen) atoms. The molecule has 2 aromatic carbocycles. The van der Waals surface area contributed by atoms with Crippen LogP contribution in [0.2, 0.25) is 0 Å². The van der Waals surface area contributed by atoms with Crippen LogP contribution < -0.4 is 9.47 Å². The van der Waals surface area contributed by atoms with E-state index < -0.39 is 10.0 Å². The number of methoxy groups -OCH3 is 2. The molecule has 6 nitrogen and oxygen atoms in total. The van der Waals surface area contributed by atoms with Crippen LogP contribution in [0, 0.1) is 20.8 Å². The van der Waals surface area contributed by atoms with E-state index in [0.29, 0.717) is 36.8 Å². The van der Waals surface area contributed by atoms with Crippen LogP contribution in [-0.4, -0.2) is 58.0 Å². The van der Waals surface area contributed by atoms with Gasteiger partial charge in [-0.1, -0.05) is 6.07 Å². The molecule has 0 atom stereocenters. The number of rotatable bonds is 6. The molecule has 1 heterocycles. The molecule has 1 saturated heterocycles. The van der Waals surface area contributed by atoms with Gasteiger partial charge in [-0.25, -0.2) is 8.42 Å². The highest BCUT2D eigenvalue weighted by Crippen LogP contribution is 2.31. The largest absolute Gasteiger partial charge is 0.493 e. The highest BCUT2D eigenvalue weighted by molar-refractivity contribution is 7.89. The van der Waals surface area contributed by atoms with Crippen molar-refractivity contribution in [2.24, 2.45) is 0 Å². The van der Waals surface area contributed by atoms with Crippen molar-refractivity contribution < 1.29 is 17.9 Å². The lowest BCUT2D eigenvalue weighted by molar-refractivity contribution is 0.181. The van der Waals surface area contributed by atoms with Crippen LogP contribution in [0.15, 0.2) is 35.2 Å². The van der Waals surface area contributed by atoms with Gasteiger partial charge in [0.25, 0.3) is 0 Å². The van der Waals surface area contributed by atoms with Crippen molar-refractivity contribution in [1.29, 1.82) is 0 Å². The van der Waals surface area contributed by atoms with E-state index in [2.05, 4.69) is 11.8 Å². The number of piperazine rings is 1. The third-order valence-corrected chi connectivity index (χ3v) is 7.58. The zero-order valence-electron chi connectivity index (χ0n) is 17.9. The molecule has 2 aromatic rings. The molecule has 0 aliphatic carbocycles. The first-order valence-corrected chi connectivity index (χ1v) is 11.2. The summed E-state index contributed by atoms with van der Waals surface area (Å²) in [6.07, 6.45) is 0. The van der Waals surface area contributed by atoms with Crippen molar-refractivity contribution in [3.05, 3.63) is 52.6 Å². The molecule has 1 fully saturated rings. The first-order chi connectivity index (χ1) is 13.8. The topological polar surface area (TPSA) is 59.1 Å². The average Bonchev–Trinajstić information content (AvgIpc) is 2.71. The van der Waals surface area contributed by atoms with E-state index in [0.717, 1.165) is 34.5 Å².